The average molecular weight is 283 g/mol. The first kappa shape index (κ1) is 11.6. The Hall–Kier alpha value is -0.870. The van der Waals surface area contributed by atoms with Gasteiger partial charge in [0.25, 0.3) is 0 Å². The Kier molecular flexibility index (Phi) is 3.61. The standard InChI is InChI=1S/C12H15BrN2O/c1-14-4-6-15(7-5-14)12-3-2-11(13)8-10(12)9-16/h2-3,8-9H,4-7H2,1H3. The molecule has 4 heteroatoms. The van der Waals surface area contributed by atoms with E-state index >= 15 is 0 Å². The Balaban J connectivity index is 2.23. The van der Waals surface area contributed by atoms with Gasteiger partial charge in [-0.25, -0.2) is 0 Å². The molecule has 1 aromatic rings. The van der Waals surface area contributed by atoms with Crippen molar-refractivity contribution in [2.45, 2.75) is 0 Å². The van der Waals surface area contributed by atoms with E-state index in [4.69, 9.17) is 0 Å². The van der Waals surface area contributed by atoms with Crippen molar-refractivity contribution in [1.29, 1.82) is 0 Å². The van der Waals surface area contributed by atoms with Crippen molar-refractivity contribution in [2.75, 3.05) is 38.1 Å². The van der Waals surface area contributed by atoms with Gasteiger partial charge in [0.2, 0.25) is 0 Å². The summed E-state index contributed by atoms with van der Waals surface area (Å²) in [5.41, 5.74) is 1.81. The van der Waals surface area contributed by atoms with Crippen molar-refractivity contribution >= 4 is 27.9 Å². The molecule has 0 atom stereocenters. The first-order valence-electron chi connectivity index (χ1n) is 5.39. The zero-order valence-corrected chi connectivity index (χ0v) is 10.9. The molecule has 3 nitrogen and oxygen atoms in total. The highest BCUT2D eigenvalue weighted by Gasteiger charge is 2.16. The molecule has 0 unspecified atom stereocenters. The van der Waals surface area contributed by atoms with Crippen LogP contribution in [-0.2, 0) is 0 Å². The van der Waals surface area contributed by atoms with E-state index in [-0.39, 0.29) is 0 Å². The summed E-state index contributed by atoms with van der Waals surface area (Å²) in [6.07, 6.45) is 0.929. The minimum absolute atomic E-state index is 0.763. The van der Waals surface area contributed by atoms with Gasteiger partial charge in [-0.3, -0.25) is 4.79 Å². The lowest BCUT2D eigenvalue weighted by Gasteiger charge is -2.34. The summed E-state index contributed by atoms with van der Waals surface area (Å²) in [5, 5.41) is 0. The zero-order valence-electron chi connectivity index (χ0n) is 9.32. The van der Waals surface area contributed by atoms with Crippen LogP contribution in [0.4, 0.5) is 5.69 Å². The SMILES string of the molecule is CN1CCN(c2ccc(Br)cc2C=O)CC1. The fourth-order valence-electron chi connectivity index (χ4n) is 1.96. The predicted octanol–water partition coefficient (Wildman–Crippen LogP) is 2.01. The Labute approximate surface area is 104 Å². The van der Waals surface area contributed by atoms with Gasteiger partial charge in [0.15, 0.2) is 6.29 Å². The van der Waals surface area contributed by atoms with Crippen molar-refractivity contribution in [3.63, 3.8) is 0 Å². The Bertz CT molecular complexity index is 387. The van der Waals surface area contributed by atoms with Crippen LogP contribution in [-0.4, -0.2) is 44.4 Å². The van der Waals surface area contributed by atoms with E-state index in [2.05, 4.69) is 32.8 Å². The maximum Gasteiger partial charge on any atom is 0.152 e. The van der Waals surface area contributed by atoms with Crippen LogP contribution in [0.25, 0.3) is 0 Å². The first-order chi connectivity index (χ1) is 7.70. The first-order valence-corrected chi connectivity index (χ1v) is 6.18. The molecule has 0 aliphatic carbocycles. The van der Waals surface area contributed by atoms with Crippen molar-refractivity contribution in [1.82, 2.24) is 4.90 Å². The van der Waals surface area contributed by atoms with Crippen LogP contribution in [0, 0.1) is 0 Å². The number of nitrogens with zero attached hydrogens (tertiary/aromatic N) is 2. The molecule has 1 aromatic carbocycles. The second-order valence-corrected chi connectivity index (χ2v) is 5.03. The maximum absolute atomic E-state index is 11.0. The molecule has 1 heterocycles. The molecule has 2 rings (SSSR count). The van der Waals surface area contributed by atoms with Crippen LogP contribution in [0.2, 0.25) is 0 Å². The van der Waals surface area contributed by atoms with Crippen molar-refractivity contribution < 1.29 is 4.79 Å². The summed E-state index contributed by atoms with van der Waals surface area (Å²) < 4.78 is 0.951. The lowest BCUT2D eigenvalue weighted by Crippen LogP contribution is -2.44. The van der Waals surface area contributed by atoms with E-state index in [0.29, 0.717) is 0 Å². The third kappa shape index (κ3) is 2.44. The molecule has 86 valence electrons. The lowest BCUT2D eigenvalue weighted by atomic mass is 10.1. The summed E-state index contributed by atoms with van der Waals surface area (Å²) in [6.45, 7) is 4.07. The Morgan fingerprint density at radius 1 is 1.25 bits per heavy atom. The molecule has 1 saturated heterocycles. The third-order valence-electron chi connectivity index (χ3n) is 2.96. The van der Waals surface area contributed by atoms with E-state index in [1.807, 2.05) is 18.2 Å². The van der Waals surface area contributed by atoms with E-state index in [1.54, 1.807) is 0 Å². The van der Waals surface area contributed by atoms with Crippen LogP contribution in [0.3, 0.4) is 0 Å². The number of carbonyl (C=O) groups is 1. The second-order valence-electron chi connectivity index (χ2n) is 4.11. The highest BCUT2D eigenvalue weighted by Crippen LogP contribution is 2.24. The quantitative estimate of drug-likeness (QED) is 0.776. The van der Waals surface area contributed by atoms with Crippen LogP contribution >= 0.6 is 15.9 Å². The van der Waals surface area contributed by atoms with Gasteiger partial charge in [0, 0.05) is 41.9 Å². The van der Waals surface area contributed by atoms with Gasteiger partial charge in [0.05, 0.1) is 0 Å². The molecule has 0 N–H and O–H groups in total. The van der Waals surface area contributed by atoms with Crippen molar-refractivity contribution in [3.8, 4) is 0 Å². The molecule has 0 saturated carbocycles. The van der Waals surface area contributed by atoms with Gasteiger partial charge in [-0.15, -0.1) is 0 Å². The van der Waals surface area contributed by atoms with E-state index in [9.17, 15) is 4.79 Å². The molecule has 0 aromatic heterocycles. The monoisotopic (exact) mass is 282 g/mol. The number of anilines is 1. The Morgan fingerprint density at radius 2 is 1.94 bits per heavy atom. The molecule has 0 spiro atoms. The van der Waals surface area contributed by atoms with Crippen LogP contribution in [0.1, 0.15) is 10.4 Å². The number of rotatable bonds is 2. The fraction of sp³-hybridized carbons (Fsp3) is 0.417. The molecule has 0 bridgehead atoms. The van der Waals surface area contributed by atoms with Gasteiger partial charge >= 0.3 is 0 Å². The van der Waals surface area contributed by atoms with E-state index in [0.717, 1.165) is 48.2 Å². The van der Waals surface area contributed by atoms with Crippen LogP contribution in [0.5, 0.6) is 0 Å². The highest BCUT2D eigenvalue weighted by atomic mass is 79.9. The maximum atomic E-state index is 11.0. The number of benzene rings is 1. The average Bonchev–Trinajstić information content (AvgIpc) is 2.30. The lowest BCUT2D eigenvalue weighted by molar-refractivity contribution is 0.112. The minimum atomic E-state index is 0.763. The molecular weight excluding hydrogens is 268 g/mol. The Morgan fingerprint density at radius 3 is 2.56 bits per heavy atom. The van der Waals surface area contributed by atoms with Crippen LogP contribution < -0.4 is 4.90 Å². The molecule has 1 aliphatic heterocycles. The summed E-state index contributed by atoms with van der Waals surface area (Å²) in [7, 11) is 2.12. The van der Waals surface area contributed by atoms with Gasteiger partial charge in [-0.1, -0.05) is 15.9 Å². The third-order valence-corrected chi connectivity index (χ3v) is 3.45. The van der Waals surface area contributed by atoms with E-state index < -0.39 is 0 Å². The summed E-state index contributed by atoms with van der Waals surface area (Å²) in [5.74, 6) is 0. The summed E-state index contributed by atoms with van der Waals surface area (Å²) in [6, 6.07) is 5.88. The van der Waals surface area contributed by atoms with Gasteiger partial charge in [-0.2, -0.15) is 0 Å². The van der Waals surface area contributed by atoms with Gasteiger partial charge in [0.1, 0.15) is 0 Å². The molecule has 16 heavy (non-hydrogen) atoms. The summed E-state index contributed by atoms with van der Waals surface area (Å²) >= 11 is 3.39. The number of hydrogen-bond acceptors (Lipinski definition) is 3. The fourth-order valence-corrected chi connectivity index (χ4v) is 2.33. The smallest absolute Gasteiger partial charge is 0.152 e. The molecule has 0 amide bonds. The molecular formula is C12H15BrN2O. The second kappa shape index (κ2) is 4.97. The predicted molar refractivity (Wildman–Crippen MR) is 69.2 cm³/mol. The van der Waals surface area contributed by atoms with Gasteiger partial charge in [-0.05, 0) is 25.2 Å². The molecule has 1 aliphatic rings. The number of aldehydes is 1. The normalized spacial score (nSPS) is 17.5. The van der Waals surface area contributed by atoms with Gasteiger partial charge < -0.3 is 9.80 Å². The van der Waals surface area contributed by atoms with Crippen LogP contribution in [0.15, 0.2) is 22.7 Å². The number of likely N-dealkylation sites (N-methyl/N-ethyl adjacent to an activating group) is 1. The largest absolute Gasteiger partial charge is 0.368 e. The topological polar surface area (TPSA) is 23.6 Å². The van der Waals surface area contributed by atoms with Crippen molar-refractivity contribution in [2.24, 2.45) is 0 Å². The number of carbonyl (C=O) groups excluding carboxylic acids is 1. The number of halogens is 1. The minimum Gasteiger partial charge on any atom is -0.368 e. The number of piperazine rings is 1. The molecule has 1 fully saturated rings. The molecule has 0 radical (unpaired) electrons. The summed E-state index contributed by atoms with van der Waals surface area (Å²) in [4.78, 5) is 15.6. The van der Waals surface area contributed by atoms with E-state index in [1.165, 1.54) is 0 Å². The number of hydrogen-bond donors (Lipinski definition) is 0. The highest BCUT2D eigenvalue weighted by molar-refractivity contribution is 9.10. The van der Waals surface area contributed by atoms with Crippen molar-refractivity contribution in [3.05, 3.63) is 28.2 Å². The zero-order chi connectivity index (χ0) is 11.5.